The fraction of sp³-hybridized carbons (Fsp3) is 0.188. The second kappa shape index (κ2) is 7.13. The number of methoxy groups -OCH3 is 1. The molecule has 2 rings (SSSR count). The summed E-state index contributed by atoms with van der Waals surface area (Å²) in [7, 11) is 1.51. The smallest absolute Gasteiger partial charge is 0.265 e. The lowest BCUT2D eigenvalue weighted by Gasteiger charge is -2.15. The Morgan fingerprint density at radius 1 is 1.27 bits per heavy atom. The van der Waals surface area contributed by atoms with Gasteiger partial charge in [0.25, 0.3) is 5.91 Å². The molecular weight excluding hydrogens is 309 g/mol. The zero-order chi connectivity index (χ0) is 16.1. The van der Waals surface area contributed by atoms with E-state index in [1.54, 1.807) is 31.2 Å². The van der Waals surface area contributed by atoms with Crippen molar-refractivity contribution in [2.45, 2.75) is 13.0 Å². The largest absolute Gasteiger partial charge is 0.495 e. The Balaban J connectivity index is 2.00. The normalized spacial score (nSPS) is 11.6. The van der Waals surface area contributed by atoms with Gasteiger partial charge in [0.15, 0.2) is 6.10 Å². The molecular formula is C16H15ClFNO3. The minimum absolute atomic E-state index is 0.287. The molecule has 0 aliphatic rings. The quantitative estimate of drug-likeness (QED) is 0.908. The number of carbonyl (C=O) groups is 1. The Bertz CT molecular complexity index is 678. The number of ether oxygens (including phenoxy) is 2. The fourth-order valence-electron chi connectivity index (χ4n) is 1.79. The zero-order valence-corrected chi connectivity index (χ0v) is 12.9. The summed E-state index contributed by atoms with van der Waals surface area (Å²) in [6.45, 7) is 1.57. The van der Waals surface area contributed by atoms with Crippen LogP contribution in [0.1, 0.15) is 6.92 Å². The van der Waals surface area contributed by atoms with Crippen LogP contribution in [0.15, 0.2) is 42.5 Å². The third kappa shape index (κ3) is 4.11. The molecule has 0 bridgehead atoms. The molecule has 1 atom stereocenters. The first-order chi connectivity index (χ1) is 10.5. The third-order valence-corrected chi connectivity index (χ3v) is 3.19. The van der Waals surface area contributed by atoms with Gasteiger partial charge in [-0.15, -0.1) is 0 Å². The second-order valence-corrected chi connectivity index (χ2v) is 4.96. The average Bonchev–Trinajstić information content (AvgIpc) is 2.47. The number of halogens is 2. The predicted molar refractivity (Wildman–Crippen MR) is 83.1 cm³/mol. The summed E-state index contributed by atoms with van der Waals surface area (Å²) in [6.07, 6.45) is -0.789. The lowest BCUT2D eigenvalue weighted by Crippen LogP contribution is -2.30. The summed E-state index contributed by atoms with van der Waals surface area (Å²) in [5, 5.41) is 3.06. The van der Waals surface area contributed by atoms with Gasteiger partial charge < -0.3 is 14.8 Å². The van der Waals surface area contributed by atoms with Gasteiger partial charge in [-0.1, -0.05) is 17.7 Å². The molecule has 0 aliphatic heterocycles. The van der Waals surface area contributed by atoms with E-state index in [0.29, 0.717) is 16.5 Å². The third-order valence-electron chi connectivity index (χ3n) is 2.90. The van der Waals surface area contributed by atoms with E-state index in [0.717, 1.165) is 0 Å². The summed E-state index contributed by atoms with van der Waals surface area (Å²) in [4.78, 5) is 12.1. The summed E-state index contributed by atoms with van der Waals surface area (Å²) >= 11 is 5.99. The molecule has 0 spiro atoms. The number of hydrogen-bond donors (Lipinski definition) is 1. The Morgan fingerprint density at radius 3 is 2.68 bits per heavy atom. The van der Waals surface area contributed by atoms with E-state index in [9.17, 15) is 9.18 Å². The van der Waals surface area contributed by atoms with Gasteiger partial charge >= 0.3 is 0 Å². The molecule has 116 valence electrons. The molecule has 22 heavy (non-hydrogen) atoms. The van der Waals surface area contributed by atoms with Gasteiger partial charge in [0.2, 0.25) is 0 Å². The molecule has 0 fully saturated rings. The van der Waals surface area contributed by atoms with Gasteiger partial charge in [-0.05, 0) is 37.3 Å². The van der Waals surface area contributed by atoms with Crippen LogP contribution in [-0.2, 0) is 4.79 Å². The Hall–Kier alpha value is -2.27. The Labute approximate surface area is 132 Å². The summed E-state index contributed by atoms with van der Waals surface area (Å²) in [5.41, 5.74) is 0.519. The highest BCUT2D eigenvalue weighted by molar-refractivity contribution is 6.32. The molecule has 4 nitrogen and oxygen atoms in total. The standard InChI is InChI=1S/C16H15ClFNO3/c1-10(22-13-5-3-4-11(18)8-13)16(20)19-12-6-7-15(21-2)14(17)9-12/h3-10H,1-2H3,(H,19,20). The molecule has 2 aromatic rings. The average molecular weight is 324 g/mol. The van der Waals surface area contributed by atoms with Crippen LogP contribution in [0, 0.1) is 5.82 Å². The van der Waals surface area contributed by atoms with Gasteiger partial charge in [-0.3, -0.25) is 4.79 Å². The summed E-state index contributed by atoms with van der Waals surface area (Å²) < 4.78 is 23.5. The first kappa shape index (κ1) is 16.1. The number of benzene rings is 2. The lowest BCUT2D eigenvalue weighted by molar-refractivity contribution is -0.122. The van der Waals surface area contributed by atoms with Crippen molar-refractivity contribution < 1.29 is 18.7 Å². The van der Waals surface area contributed by atoms with Gasteiger partial charge in [-0.2, -0.15) is 0 Å². The number of nitrogens with one attached hydrogen (secondary N) is 1. The van der Waals surface area contributed by atoms with Crippen molar-refractivity contribution in [1.82, 2.24) is 0 Å². The molecule has 2 aromatic carbocycles. The van der Waals surface area contributed by atoms with Crippen LogP contribution < -0.4 is 14.8 Å². The number of amides is 1. The van der Waals surface area contributed by atoms with Crippen LogP contribution >= 0.6 is 11.6 Å². The number of carbonyl (C=O) groups excluding carboxylic acids is 1. The topological polar surface area (TPSA) is 47.6 Å². The minimum atomic E-state index is -0.789. The molecule has 1 unspecified atom stereocenters. The van der Waals surface area contributed by atoms with Crippen molar-refractivity contribution in [1.29, 1.82) is 0 Å². The SMILES string of the molecule is COc1ccc(NC(=O)C(C)Oc2cccc(F)c2)cc1Cl. The summed E-state index contributed by atoms with van der Waals surface area (Å²) in [5.74, 6) is 0.0108. The van der Waals surface area contributed by atoms with Crippen molar-refractivity contribution in [2.75, 3.05) is 12.4 Å². The fourth-order valence-corrected chi connectivity index (χ4v) is 2.04. The lowest BCUT2D eigenvalue weighted by atomic mass is 10.2. The predicted octanol–water partition coefficient (Wildman–Crippen LogP) is 3.89. The van der Waals surface area contributed by atoms with Crippen LogP contribution in [-0.4, -0.2) is 19.1 Å². The van der Waals surface area contributed by atoms with E-state index < -0.39 is 11.9 Å². The van der Waals surface area contributed by atoms with Crippen molar-refractivity contribution >= 4 is 23.2 Å². The highest BCUT2D eigenvalue weighted by atomic mass is 35.5. The van der Waals surface area contributed by atoms with E-state index in [1.807, 2.05) is 0 Å². The van der Waals surface area contributed by atoms with Crippen molar-refractivity contribution in [3.63, 3.8) is 0 Å². The van der Waals surface area contributed by atoms with E-state index >= 15 is 0 Å². The van der Waals surface area contributed by atoms with E-state index in [1.165, 1.54) is 25.3 Å². The molecule has 6 heteroatoms. The molecule has 0 aliphatic carbocycles. The van der Waals surface area contributed by atoms with Crippen LogP contribution in [0.4, 0.5) is 10.1 Å². The van der Waals surface area contributed by atoms with Gasteiger partial charge in [0.05, 0.1) is 12.1 Å². The highest BCUT2D eigenvalue weighted by Crippen LogP contribution is 2.27. The van der Waals surface area contributed by atoms with Crippen LogP contribution in [0.2, 0.25) is 5.02 Å². The first-order valence-electron chi connectivity index (χ1n) is 6.56. The molecule has 0 saturated heterocycles. The maximum Gasteiger partial charge on any atom is 0.265 e. The Morgan fingerprint density at radius 2 is 2.05 bits per heavy atom. The molecule has 0 saturated carbocycles. The van der Waals surface area contributed by atoms with Gasteiger partial charge in [0, 0.05) is 11.8 Å². The maximum atomic E-state index is 13.1. The van der Waals surface area contributed by atoms with Crippen molar-refractivity contribution in [3.05, 3.63) is 53.3 Å². The molecule has 0 radical (unpaired) electrons. The van der Waals surface area contributed by atoms with Crippen LogP contribution in [0.3, 0.4) is 0 Å². The number of rotatable bonds is 5. The summed E-state index contributed by atoms with van der Waals surface area (Å²) in [6, 6.07) is 10.5. The van der Waals surface area contributed by atoms with Crippen LogP contribution in [0.25, 0.3) is 0 Å². The number of anilines is 1. The van der Waals surface area contributed by atoms with Crippen molar-refractivity contribution in [2.24, 2.45) is 0 Å². The van der Waals surface area contributed by atoms with Crippen molar-refractivity contribution in [3.8, 4) is 11.5 Å². The molecule has 1 N–H and O–H groups in total. The minimum Gasteiger partial charge on any atom is -0.495 e. The number of hydrogen-bond acceptors (Lipinski definition) is 3. The van der Waals surface area contributed by atoms with E-state index in [-0.39, 0.29) is 11.7 Å². The van der Waals surface area contributed by atoms with Crippen LogP contribution in [0.5, 0.6) is 11.5 Å². The maximum absolute atomic E-state index is 13.1. The van der Waals surface area contributed by atoms with E-state index in [4.69, 9.17) is 21.1 Å². The van der Waals surface area contributed by atoms with Gasteiger partial charge in [0.1, 0.15) is 17.3 Å². The van der Waals surface area contributed by atoms with Gasteiger partial charge in [-0.25, -0.2) is 4.39 Å². The second-order valence-electron chi connectivity index (χ2n) is 4.56. The molecule has 1 amide bonds. The zero-order valence-electron chi connectivity index (χ0n) is 12.1. The Kier molecular flexibility index (Phi) is 5.22. The highest BCUT2D eigenvalue weighted by Gasteiger charge is 2.15. The van der Waals surface area contributed by atoms with E-state index in [2.05, 4.69) is 5.32 Å². The monoisotopic (exact) mass is 323 g/mol. The first-order valence-corrected chi connectivity index (χ1v) is 6.94. The molecule has 0 heterocycles. The molecule has 0 aromatic heterocycles.